The highest BCUT2D eigenvalue weighted by molar-refractivity contribution is 7.91. The molecule has 0 N–H and O–H groups in total. The normalized spacial score (nSPS) is 11.5. The van der Waals surface area contributed by atoms with Crippen LogP contribution < -0.4 is 0 Å². The third-order valence-electron chi connectivity index (χ3n) is 2.83. The summed E-state index contributed by atoms with van der Waals surface area (Å²) in [5, 5.41) is 0. The molecule has 0 heterocycles. The van der Waals surface area contributed by atoms with Gasteiger partial charge in [0.25, 0.3) is 0 Å². The second kappa shape index (κ2) is 9.74. The van der Waals surface area contributed by atoms with E-state index in [1.54, 1.807) is 74.5 Å². The molecule has 0 radical (unpaired) electrons. The highest BCUT2D eigenvalue weighted by Gasteiger charge is 2.15. The molecule has 0 atom stereocenters. The Balaban J connectivity index is 0.000000277. The zero-order valence-electron chi connectivity index (χ0n) is 14.1. The number of hydrogen-bond donors (Lipinski definition) is 0. The molecule has 0 saturated heterocycles. The molecule has 0 aromatic heterocycles. The van der Waals surface area contributed by atoms with Crippen molar-refractivity contribution in [1.29, 1.82) is 0 Å². The number of rotatable bonds is 6. The second-order valence-electron chi connectivity index (χ2n) is 4.74. The predicted octanol–water partition coefficient (Wildman–Crippen LogP) is 4.40. The predicted molar refractivity (Wildman–Crippen MR) is 95.1 cm³/mol. The topological polar surface area (TPSA) is 69.7 Å². The van der Waals surface area contributed by atoms with Crippen molar-refractivity contribution in [3.8, 4) is 0 Å². The fourth-order valence-electron chi connectivity index (χ4n) is 1.84. The Kier molecular flexibility index (Phi) is 8.36. The molecular formula is C17H23O5PS. The van der Waals surface area contributed by atoms with E-state index in [1.807, 2.05) is 0 Å². The van der Waals surface area contributed by atoms with Gasteiger partial charge in [-0.3, -0.25) is 4.57 Å². The summed E-state index contributed by atoms with van der Waals surface area (Å²) >= 11 is 0. The van der Waals surface area contributed by atoms with Crippen molar-refractivity contribution in [2.45, 2.75) is 23.6 Å². The lowest BCUT2D eigenvalue weighted by atomic mass is 10.4. The van der Waals surface area contributed by atoms with E-state index in [9.17, 15) is 13.0 Å². The van der Waals surface area contributed by atoms with Gasteiger partial charge in [0.05, 0.1) is 23.0 Å². The Morgan fingerprint density at radius 2 is 1.12 bits per heavy atom. The van der Waals surface area contributed by atoms with Crippen molar-refractivity contribution >= 4 is 17.4 Å². The SMILES string of the molecule is CCOP(C)(=O)OCC.O=S(=O)(c1ccccc1)c1ccccc1. The Morgan fingerprint density at radius 3 is 1.42 bits per heavy atom. The average Bonchev–Trinajstić information content (AvgIpc) is 2.57. The van der Waals surface area contributed by atoms with E-state index in [1.165, 1.54) is 6.66 Å². The summed E-state index contributed by atoms with van der Waals surface area (Å²) in [4.78, 5) is 0.660. The Bertz CT molecular complexity index is 690. The maximum Gasteiger partial charge on any atom is 0.327 e. The lowest BCUT2D eigenvalue weighted by Crippen LogP contribution is -2.00. The zero-order chi connectivity index (χ0) is 18.1. The monoisotopic (exact) mass is 370 g/mol. The summed E-state index contributed by atoms with van der Waals surface area (Å²) < 4.78 is 44.6. The molecule has 132 valence electrons. The summed E-state index contributed by atoms with van der Waals surface area (Å²) in [6, 6.07) is 16.9. The van der Waals surface area contributed by atoms with Crippen LogP contribution in [0.15, 0.2) is 70.5 Å². The van der Waals surface area contributed by atoms with Gasteiger partial charge in [-0.1, -0.05) is 36.4 Å². The van der Waals surface area contributed by atoms with E-state index in [2.05, 4.69) is 0 Å². The lowest BCUT2D eigenvalue weighted by molar-refractivity contribution is 0.225. The van der Waals surface area contributed by atoms with Gasteiger partial charge in [0, 0.05) is 6.66 Å². The largest absolute Gasteiger partial charge is 0.327 e. The Morgan fingerprint density at radius 1 is 0.792 bits per heavy atom. The van der Waals surface area contributed by atoms with Crippen LogP contribution >= 0.6 is 7.60 Å². The molecule has 5 nitrogen and oxygen atoms in total. The van der Waals surface area contributed by atoms with Crippen LogP contribution in [0.2, 0.25) is 0 Å². The number of sulfone groups is 1. The van der Waals surface area contributed by atoms with Crippen LogP contribution in [0.25, 0.3) is 0 Å². The molecule has 0 aliphatic rings. The van der Waals surface area contributed by atoms with Crippen LogP contribution in [0.1, 0.15) is 13.8 Å². The van der Waals surface area contributed by atoms with Crippen LogP contribution in [0, 0.1) is 0 Å². The maximum absolute atomic E-state index is 12.0. The van der Waals surface area contributed by atoms with E-state index < -0.39 is 17.4 Å². The highest BCUT2D eigenvalue weighted by atomic mass is 32.2. The van der Waals surface area contributed by atoms with Gasteiger partial charge in [0.2, 0.25) is 9.84 Å². The van der Waals surface area contributed by atoms with E-state index in [4.69, 9.17) is 9.05 Å². The molecule has 2 aromatic carbocycles. The van der Waals surface area contributed by atoms with Crippen molar-refractivity contribution in [2.24, 2.45) is 0 Å². The first kappa shape index (κ1) is 20.6. The van der Waals surface area contributed by atoms with E-state index in [-0.39, 0.29) is 0 Å². The summed E-state index contributed by atoms with van der Waals surface area (Å²) in [5.74, 6) is 0. The third-order valence-corrected chi connectivity index (χ3v) is 6.07. The molecule has 0 aliphatic carbocycles. The molecule has 7 heteroatoms. The van der Waals surface area contributed by atoms with Crippen LogP contribution in [0.5, 0.6) is 0 Å². The van der Waals surface area contributed by atoms with Gasteiger partial charge < -0.3 is 9.05 Å². The first-order valence-electron chi connectivity index (χ1n) is 7.55. The molecule has 0 spiro atoms. The van der Waals surface area contributed by atoms with Gasteiger partial charge in [-0.2, -0.15) is 0 Å². The Labute approximate surface area is 144 Å². The summed E-state index contributed by atoms with van der Waals surface area (Å²) in [5.41, 5.74) is 0. The molecule has 0 bridgehead atoms. The van der Waals surface area contributed by atoms with Crippen molar-refractivity contribution in [3.05, 3.63) is 60.7 Å². The minimum absolute atomic E-state index is 0.330. The van der Waals surface area contributed by atoms with Crippen LogP contribution in [0.4, 0.5) is 0 Å². The van der Waals surface area contributed by atoms with Gasteiger partial charge >= 0.3 is 7.60 Å². The molecule has 0 fully saturated rings. The van der Waals surface area contributed by atoms with Gasteiger partial charge in [-0.15, -0.1) is 0 Å². The van der Waals surface area contributed by atoms with Crippen LogP contribution in [-0.2, 0) is 23.4 Å². The van der Waals surface area contributed by atoms with E-state index in [0.717, 1.165) is 0 Å². The molecule has 2 aromatic rings. The molecule has 0 saturated carbocycles. The minimum Gasteiger partial charge on any atom is -0.309 e. The molecule has 0 amide bonds. The smallest absolute Gasteiger partial charge is 0.309 e. The fourth-order valence-corrected chi connectivity index (χ4v) is 4.16. The zero-order valence-corrected chi connectivity index (χ0v) is 15.8. The van der Waals surface area contributed by atoms with Gasteiger partial charge in [0.1, 0.15) is 0 Å². The lowest BCUT2D eigenvalue weighted by Gasteiger charge is -2.10. The third kappa shape index (κ3) is 6.57. The van der Waals surface area contributed by atoms with Crippen LogP contribution in [0.3, 0.4) is 0 Å². The first-order chi connectivity index (χ1) is 11.3. The molecule has 24 heavy (non-hydrogen) atoms. The fraction of sp³-hybridized carbons (Fsp3) is 0.294. The van der Waals surface area contributed by atoms with Gasteiger partial charge in [0.15, 0.2) is 0 Å². The van der Waals surface area contributed by atoms with E-state index in [0.29, 0.717) is 23.0 Å². The van der Waals surface area contributed by atoms with Crippen molar-refractivity contribution in [3.63, 3.8) is 0 Å². The van der Waals surface area contributed by atoms with Crippen molar-refractivity contribution < 1.29 is 22.0 Å². The van der Waals surface area contributed by atoms with Crippen molar-refractivity contribution in [1.82, 2.24) is 0 Å². The van der Waals surface area contributed by atoms with Crippen molar-refractivity contribution in [2.75, 3.05) is 19.9 Å². The first-order valence-corrected chi connectivity index (χ1v) is 11.0. The van der Waals surface area contributed by atoms with Crippen LogP contribution in [-0.4, -0.2) is 28.3 Å². The number of benzene rings is 2. The molecule has 0 aliphatic heterocycles. The Hall–Kier alpha value is -1.46. The minimum atomic E-state index is -3.34. The maximum atomic E-state index is 12.0. The van der Waals surface area contributed by atoms with Gasteiger partial charge in [-0.25, -0.2) is 8.42 Å². The highest BCUT2D eigenvalue weighted by Crippen LogP contribution is 2.43. The summed E-state index contributed by atoms with van der Waals surface area (Å²) in [6.45, 7) is 5.92. The summed E-state index contributed by atoms with van der Waals surface area (Å²) in [7, 11) is -6.03. The summed E-state index contributed by atoms with van der Waals surface area (Å²) in [6.07, 6.45) is 0. The standard InChI is InChI=1S/C12H10O2S.C5H13O3P/c13-15(14,11-7-3-1-4-8-11)12-9-5-2-6-10-12;1-4-7-9(3,6)8-5-2/h1-10H;4-5H2,1-3H3. The van der Waals surface area contributed by atoms with E-state index >= 15 is 0 Å². The molecule has 2 rings (SSSR count). The molecule has 0 unspecified atom stereocenters. The second-order valence-corrected chi connectivity index (χ2v) is 8.75. The van der Waals surface area contributed by atoms with Gasteiger partial charge in [-0.05, 0) is 38.1 Å². The molecular weight excluding hydrogens is 347 g/mol. The number of hydrogen-bond acceptors (Lipinski definition) is 5. The quantitative estimate of drug-likeness (QED) is 0.705. The average molecular weight is 370 g/mol.